The molecular weight excluding hydrogens is 302 g/mol. The number of benzene rings is 1. The highest BCUT2D eigenvalue weighted by Crippen LogP contribution is 2.13. The van der Waals surface area contributed by atoms with Crippen LogP contribution >= 0.6 is 0 Å². The monoisotopic (exact) mass is 333 g/mol. The molecule has 134 valence electrons. The third kappa shape index (κ3) is 6.49. The average Bonchev–Trinajstić information content (AvgIpc) is 2.87. The minimum absolute atomic E-state index is 0.0326. The van der Waals surface area contributed by atoms with Crippen LogP contribution in [0.4, 0.5) is 4.79 Å². The van der Waals surface area contributed by atoms with Crippen molar-refractivity contribution in [1.29, 1.82) is 0 Å². The van der Waals surface area contributed by atoms with Crippen molar-refractivity contribution in [2.24, 2.45) is 0 Å². The van der Waals surface area contributed by atoms with Crippen molar-refractivity contribution in [1.82, 2.24) is 15.5 Å². The molecule has 0 aliphatic carbocycles. The van der Waals surface area contributed by atoms with E-state index in [9.17, 15) is 4.79 Å². The molecule has 1 heterocycles. The summed E-state index contributed by atoms with van der Waals surface area (Å²) in [7, 11) is 0. The van der Waals surface area contributed by atoms with Crippen LogP contribution in [0.3, 0.4) is 0 Å². The van der Waals surface area contributed by atoms with Crippen LogP contribution in [0.15, 0.2) is 24.3 Å². The van der Waals surface area contributed by atoms with E-state index in [0.29, 0.717) is 6.54 Å². The van der Waals surface area contributed by atoms with E-state index in [0.717, 1.165) is 18.5 Å². The first-order valence-corrected chi connectivity index (χ1v) is 9.16. The first kappa shape index (κ1) is 18.7. The normalized spacial score (nSPS) is 17.1. The van der Waals surface area contributed by atoms with Gasteiger partial charge in [-0.2, -0.15) is 0 Å². The van der Waals surface area contributed by atoms with E-state index in [2.05, 4.69) is 39.8 Å². The van der Waals surface area contributed by atoms with Gasteiger partial charge in [0, 0.05) is 13.1 Å². The maximum Gasteiger partial charge on any atom is 0.315 e. The molecule has 0 aromatic heterocycles. The van der Waals surface area contributed by atoms with Gasteiger partial charge in [-0.15, -0.1) is 0 Å². The Kier molecular flexibility index (Phi) is 8.05. The summed E-state index contributed by atoms with van der Waals surface area (Å²) in [6.07, 6.45) is 6.05. The minimum Gasteiger partial charge on any atom is -0.394 e. The molecule has 0 spiro atoms. The first-order chi connectivity index (χ1) is 11.7. The number of hydrogen-bond acceptors (Lipinski definition) is 3. The van der Waals surface area contributed by atoms with E-state index in [1.807, 2.05) is 6.92 Å². The number of amides is 2. The molecule has 5 heteroatoms. The number of likely N-dealkylation sites (tertiary alicyclic amines) is 1. The molecule has 1 saturated heterocycles. The maximum atomic E-state index is 11.8. The largest absolute Gasteiger partial charge is 0.394 e. The van der Waals surface area contributed by atoms with Gasteiger partial charge in [0.05, 0.1) is 12.6 Å². The molecule has 3 N–H and O–H groups in total. The number of nitrogens with one attached hydrogen (secondary N) is 2. The molecule has 1 aromatic rings. The molecule has 1 atom stereocenters. The zero-order chi connectivity index (χ0) is 17.2. The molecule has 1 unspecified atom stereocenters. The van der Waals surface area contributed by atoms with Crippen LogP contribution < -0.4 is 10.6 Å². The van der Waals surface area contributed by atoms with Gasteiger partial charge in [-0.1, -0.05) is 44.0 Å². The van der Waals surface area contributed by atoms with Crippen LogP contribution in [0.25, 0.3) is 0 Å². The molecule has 5 nitrogen and oxygen atoms in total. The van der Waals surface area contributed by atoms with Crippen molar-refractivity contribution in [2.45, 2.75) is 58.2 Å². The number of nitrogens with zero attached hydrogens (tertiary/aromatic N) is 1. The molecule has 1 aromatic carbocycles. The summed E-state index contributed by atoms with van der Waals surface area (Å²) in [5.41, 5.74) is 2.42. The zero-order valence-electron chi connectivity index (χ0n) is 14.8. The second-order valence-electron chi connectivity index (χ2n) is 6.62. The second kappa shape index (κ2) is 10.3. The number of urea groups is 1. The average molecular weight is 333 g/mol. The van der Waals surface area contributed by atoms with Crippen molar-refractivity contribution < 1.29 is 9.90 Å². The number of aliphatic hydroxyl groups is 1. The Labute approximate surface area is 145 Å². The Bertz CT molecular complexity index is 478. The van der Waals surface area contributed by atoms with Crippen LogP contribution in [-0.2, 0) is 13.1 Å². The summed E-state index contributed by atoms with van der Waals surface area (Å²) in [5.74, 6) is 0. The standard InChI is InChI=1S/C19H31N3O2/c1-2-18(15-23)21-19(24)20-13-16-7-9-17(10-8-16)14-22-11-5-3-4-6-12-22/h7-10,18,23H,2-6,11-15H2,1H3,(H2,20,21,24). The SMILES string of the molecule is CCC(CO)NC(=O)NCc1ccc(CN2CCCCCC2)cc1. The summed E-state index contributed by atoms with van der Waals surface area (Å²) in [6, 6.07) is 8.06. The Hall–Kier alpha value is -1.59. The van der Waals surface area contributed by atoms with E-state index in [-0.39, 0.29) is 18.7 Å². The van der Waals surface area contributed by atoms with Crippen molar-refractivity contribution >= 4 is 6.03 Å². The highest BCUT2D eigenvalue weighted by molar-refractivity contribution is 5.74. The van der Waals surface area contributed by atoms with Gasteiger partial charge < -0.3 is 15.7 Å². The van der Waals surface area contributed by atoms with Gasteiger partial charge in [-0.25, -0.2) is 4.79 Å². The van der Waals surface area contributed by atoms with E-state index in [1.54, 1.807) is 0 Å². The maximum absolute atomic E-state index is 11.8. The summed E-state index contributed by atoms with van der Waals surface area (Å²) in [5, 5.41) is 14.7. The Morgan fingerprint density at radius 1 is 1.12 bits per heavy atom. The van der Waals surface area contributed by atoms with Crippen LogP contribution in [0.5, 0.6) is 0 Å². The number of aliphatic hydroxyl groups excluding tert-OH is 1. The number of hydrogen-bond donors (Lipinski definition) is 3. The predicted octanol–water partition coefficient (Wildman–Crippen LogP) is 2.63. The topological polar surface area (TPSA) is 64.6 Å². The molecule has 2 amide bonds. The molecule has 1 fully saturated rings. The van der Waals surface area contributed by atoms with Gasteiger partial charge in [-0.05, 0) is 43.5 Å². The molecule has 0 saturated carbocycles. The van der Waals surface area contributed by atoms with E-state index in [4.69, 9.17) is 5.11 Å². The quantitative estimate of drug-likeness (QED) is 0.719. The molecule has 1 aliphatic heterocycles. The van der Waals surface area contributed by atoms with Crippen LogP contribution in [0, 0.1) is 0 Å². The zero-order valence-corrected chi connectivity index (χ0v) is 14.8. The third-order valence-electron chi connectivity index (χ3n) is 4.63. The number of carbonyl (C=O) groups is 1. The van der Waals surface area contributed by atoms with Gasteiger partial charge in [0.15, 0.2) is 0 Å². The molecule has 2 rings (SSSR count). The lowest BCUT2D eigenvalue weighted by molar-refractivity contribution is 0.214. The lowest BCUT2D eigenvalue weighted by atomic mass is 10.1. The van der Waals surface area contributed by atoms with E-state index in [1.165, 1.54) is 44.3 Å². The van der Waals surface area contributed by atoms with E-state index >= 15 is 0 Å². The highest BCUT2D eigenvalue weighted by Gasteiger charge is 2.10. The Morgan fingerprint density at radius 2 is 1.75 bits per heavy atom. The molecule has 24 heavy (non-hydrogen) atoms. The van der Waals surface area contributed by atoms with Gasteiger partial charge >= 0.3 is 6.03 Å². The predicted molar refractivity (Wildman–Crippen MR) is 96.7 cm³/mol. The van der Waals surface area contributed by atoms with Crippen molar-refractivity contribution in [2.75, 3.05) is 19.7 Å². The second-order valence-corrected chi connectivity index (χ2v) is 6.62. The van der Waals surface area contributed by atoms with Crippen molar-refractivity contribution in [3.8, 4) is 0 Å². The van der Waals surface area contributed by atoms with Crippen molar-refractivity contribution in [3.05, 3.63) is 35.4 Å². The molecule has 0 bridgehead atoms. The number of rotatable bonds is 7. The van der Waals surface area contributed by atoms with E-state index < -0.39 is 0 Å². The third-order valence-corrected chi connectivity index (χ3v) is 4.63. The molecule has 1 aliphatic rings. The van der Waals surface area contributed by atoms with Crippen LogP contribution in [0.1, 0.15) is 50.2 Å². The lowest BCUT2D eigenvalue weighted by Crippen LogP contribution is -2.43. The minimum atomic E-state index is -0.232. The summed E-state index contributed by atoms with van der Waals surface area (Å²) < 4.78 is 0. The molecular formula is C19H31N3O2. The highest BCUT2D eigenvalue weighted by atomic mass is 16.3. The van der Waals surface area contributed by atoms with Gasteiger partial charge in [0.1, 0.15) is 0 Å². The molecule has 0 radical (unpaired) electrons. The fourth-order valence-electron chi connectivity index (χ4n) is 3.01. The summed E-state index contributed by atoms with van der Waals surface area (Å²) >= 11 is 0. The fourth-order valence-corrected chi connectivity index (χ4v) is 3.01. The van der Waals surface area contributed by atoms with Crippen LogP contribution in [0.2, 0.25) is 0 Å². The Morgan fingerprint density at radius 3 is 2.33 bits per heavy atom. The van der Waals surface area contributed by atoms with Crippen LogP contribution in [-0.4, -0.2) is 41.8 Å². The number of carbonyl (C=O) groups excluding carboxylic acids is 1. The fraction of sp³-hybridized carbons (Fsp3) is 0.632. The van der Waals surface area contributed by atoms with Gasteiger partial charge in [0.25, 0.3) is 0 Å². The summed E-state index contributed by atoms with van der Waals surface area (Å²) in [4.78, 5) is 14.3. The first-order valence-electron chi connectivity index (χ1n) is 9.16. The Balaban J connectivity index is 1.76. The smallest absolute Gasteiger partial charge is 0.315 e. The van der Waals surface area contributed by atoms with Crippen molar-refractivity contribution in [3.63, 3.8) is 0 Å². The van der Waals surface area contributed by atoms with Gasteiger partial charge in [0.2, 0.25) is 0 Å². The lowest BCUT2D eigenvalue weighted by Gasteiger charge is -2.20. The summed E-state index contributed by atoms with van der Waals surface area (Å²) in [6.45, 7) is 5.82. The van der Waals surface area contributed by atoms with Gasteiger partial charge in [-0.3, -0.25) is 4.90 Å².